The Balaban J connectivity index is 0.00000441. The van der Waals surface area contributed by atoms with Gasteiger partial charge in [0.25, 0.3) is 0 Å². The van der Waals surface area contributed by atoms with Crippen molar-refractivity contribution >= 4 is 51.1 Å². The van der Waals surface area contributed by atoms with Crippen molar-refractivity contribution < 1.29 is 8.42 Å². The Morgan fingerprint density at radius 2 is 2.05 bits per heavy atom. The van der Waals surface area contributed by atoms with Crippen molar-refractivity contribution in [2.75, 3.05) is 25.6 Å². The maximum atomic E-state index is 11.3. The Kier molecular flexibility index (Phi) is 9.56. The first-order valence-electron chi connectivity index (χ1n) is 6.85. The minimum absolute atomic E-state index is 0. The van der Waals surface area contributed by atoms with Gasteiger partial charge in [0.15, 0.2) is 5.96 Å². The Bertz CT molecular complexity index is 555. The lowest BCUT2D eigenvalue weighted by Crippen LogP contribution is -2.42. The molecule has 0 unspecified atom stereocenters. The van der Waals surface area contributed by atoms with Gasteiger partial charge < -0.3 is 10.6 Å². The average Bonchev–Trinajstić information content (AvgIpc) is 2.89. The molecule has 0 radical (unpaired) electrons. The standard InChI is InChI=1S/C14H25N3O2S2.HI/c1-14(2,6-8-21(4,18)19)11-17-13(15-3)16-9-12-5-7-20-10-12;/h5,7,10H,6,8-9,11H2,1-4H3,(H2,15,16,17);1H. The second-order valence-corrected chi connectivity index (χ2v) is 8.99. The van der Waals surface area contributed by atoms with E-state index in [-0.39, 0.29) is 35.1 Å². The second kappa shape index (κ2) is 9.71. The van der Waals surface area contributed by atoms with Crippen molar-refractivity contribution in [3.63, 3.8) is 0 Å². The summed E-state index contributed by atoms with van der Waals surface area (Å²) < 4.78 is 22.5. The van der Waals surface area contributed by atoms with Crippen LogP contribution in [0.2, 0.25) is 0 Å². The summed E-state index contributed by atoms with van der Waals surface area (Å²) in [5.74, 6) is 0.941. The number of sulfone groups is 1. The van der Waals surface area contributed by atoms with Gasteiger partial charge in [-0.15, -0.1) is 24.0 Å². The highest BCUT2D eigenvalue weighted by Gasteiger charge is 2.20. The van der Waals surface area contributed by atoms with Crippen LogP contribution in [0, 0.1) is 5.41 Å². The Hall–Kier alpha value is -0.350. The summed E-state index contributed by atoms with van der Waals surface area (Å²) in [5.41, 5.74) is 1.11. The van der Waals surface area contributed by atoms with Gasteiger partial charge in [-0.1, -0.05) is 13.8 Å². The fourth-order valence-corrected chi connectivity index (χ4v) is 3.26. The minimum Gasteiger partial charge on any atom is -0.356 e. The molecule has 0 aliphatic rings. The third kappa shape index (κ3) is 9.62. The Morgan fingerprint density at radius 3 is 2.55 bits per heavy atom. The van der Waals surface area contributed by atoms with Crippen molar-refractivity contribution in [2.24, 2.45) is 10.4 Å². The SMILES string of the molecule is CN=C(NCc1ccsc1)NCC(C)(C)CCS(C)(=O)=O.I. The van der Waals surface area contributed by atoms with Crippen LogP contribution in [0.25, 0.3) is 0 Å². The maximum Gasteiger partial charge on any atom is 0.191 e. The lowest BCUT2D eigenvalue weighted by Gasteiger charge is -2.25. The van der Waals surface area contributed by atoms with E-state index < -0.39 is 9.84 Å². The van der Waals surface area contributed by atoms with Crippen LogP contribution in [-0.2, 0) is 16.4 Å². The topological polar surface area (TPSA) is 70.6 Å². The quantitative estimate of drug-likeness (QED) is 0.374. The third-order valence-electron chi connectivity index (χ3n) is 3.15. The molecule has 0 aromatic carbocycles. The predicted octanol–water partition coefficient (Wildman–Crippen LogP) is 2.49. The van der Waals surface area contributed by atoms with Crippen molar-refractivity contribution in [1.29, 1.82) is 0 Å². The molecule has 5 nitrogen and oxygen atoms in total. The molecular formula is C14H26IN3O2S2. The average molecular weight is 459 g/mol. The fourth-order valence-electron chi connectivity index (χ4n) is 1.67. The molecule has 1 aromatic rings. The Labute approximate surface area is 154 Å². The summed E-state index contributed by atoms with van der Waals surface area (Å²) in [6, 6.07) is 2.07. The van der Waals surface area contributed by atoms with Crippen LogP contribution >= 0.6 is 35.3 Å². The largest absolute Gasteiger partial charge is 0.356 e. The molecule has 0 saturated carbocycles. The molecule has 0 saturated heterocycles. The molecule has 22 heavy (non-hydrogen) atoms. The van der Waals surface area contributed by atoms with Gasteiger partial charge in [-0.3, -0.25) is 4.99 Å². The van der Waals surface area contributed by atoms with Crippen LogP contribution < -0.4 is 10.6 Å². The van der Waals surface area contributed by atoms with Crippen molar-refractivity contribution in [3.8, 4) is 0 Å². The molecule has 0 aliphatic carbocycles. The number of halogens is 1. The first kappa shape index (κ1) is 21.6. The van der Waals surface area contributed by atoms with Crippen LogP contribution in [0.5, 0.6) is 0 Å². The van der Waals surface area contributed by atoms with Crippen LogP contribution in [0.15, 0.2) is 21.8 Å². The van der Waals surface area contributed by atoms with Gasteiger partial charge in [-0.2, -0.15) is 11.3 Å². The molecule has 2 N–H and O–H groups in total. The highest BCUT2D eigenvalue weighted by molar-refractivity contribution is 14.0. The van der Waals surface area contributed by atoms with E-state index in [1.807, 2.05) is 5.38 Å². The highest BCUT2D eigenvalue weighted by atomic mass is 127. The number of hydrogen-bond donors (Lipinski definition) is 2. The first-order valence-corrected chi connectivity index (χ1v) is 9.85. The number of aliphatic imine (C=N–C) groups is 1. The second-order valence-electron chi connectivity index (χ2n) is 5.96. The first-order chi connectivity index (χ1) is 9.72. The molecule has 1 aromatic heterocycles. The lowest BCUT2D eigenvalue weighted by molar-refractivity contribution is 0.348. The molecule has 0 spiro atoms. The van der Waals surface area contributed by atoms with Gasteiger partial charge in [-0.05, 0) is 34.2 Å². The number of hydrogen-bond acceptors (Lipinski definition) is 4. The lowest BCUT2D eigenvalue weighted by atomic mass is 9.90. The molecule has 0 aliphatic heterocycles. The molecular weight excluding hydrogens is 433 g/mol. The predicted molar refractivity (Wildman–Crippen MR) is 106 cm³/mol. The van der Waals surface area contributed by atoms with Gasteiger partial charge in [0.2, 0.25) is 0 Å². The van der Waals surface area contributed by atoms with Gasteiger partial charge in [-0.25, -0.2) is 8.42 Å². The van der Waals surface area contributed by atoms with E-state index in [1.54, 1.807) is 18.4 Å². The summed E-state index contributed by atoms with van der Waals surface area (Å²) in [4.78, 5) is 4.18. The number of thiophene rings is 1. The highest BCUT2D eigenvalue weighted by Crippen LogP contribution is 2.19. The molecule has 0 atom stereocenters. The zero-order valence-electron chi connectivity index (χ0n) is 13.5. The van der Waals surface area contributed by atoms with Crippen molar-refractivity contribution in [2.45, 2.75) is 26.8 Å². The van der Waals surface area contributed by atoms with E-state index in [0.29, 0.717) is 13.0 Å². The van der Waals surface area contributed by atoms with Crippen LogP contribution in [0.3, 0.4) is 0 Å². The van der Waals surface area contributed by atoms with Gasteiger partial charge in [0.05, 0.1) is 5.75 Å². The summed E-state index contributed by atoms with van der Waals surface area (Å²) in [6.07, 6.45) is 1.90. The minimum atomic E-state index is -2.91. The number of nitrogens with one attached hydrogen (secondary N) is 2. The maximum absolute atomic E-state index is 11.3. The molecule has 0 fully saturated rings. The van der Waals surface area contributed by atoms with E-state index in [9.17, 15) is 8.42 Å². The van der Waals surface area contributed by atoms with Crippen molar-refractivity contribution in [3.05, 3.63) is 22.4 Å². The van der Waals surface area contributed by atoms with Gasteiger partial charge in [0.1, 0.15) is 9.84 Å². The molecule has 0 bridgehead atoms. The number of guanidine groups is 1. The monoisotopic (exact) mass is 459 g/mol. The molecule has 128 valence electrons. The third-order valence-corrected chi connectivity index (χ3v) is 4.83. The molecule has 8 heteroatoms. The van der Waals surface area contributed by atoms with Crippen LogP contribution in [0.1, 0.15) is 25.8 Å². The van der Waals surface area contributed by atoms with E-state index in [1.165, 1.54) is 11.8 Å². The van der Waals surface area contributed by atoms with E-state index in [2.05, 4.69) is 40.9 Å². The smallest absolute Gasteiger partial charge is 0.191 e. The molecule has 0 amide bonds. The summed E-state index contributed by atoms with van der Waals surface area (Å²) in [7, 11) is -1.19. The zero-order valence-corrected chi connectivity index (χ0v) is 17.5. The van der Waals surface area contributed by atoms with Gasteiger partial charge >= 0.3 is 0 Å². The fraction of sp³-hybridized carbons (Fsp3) is 0.643. The van der Waals surface area contributed by atoms with Crippen molar-refractivity contribution in [1.82, 2.24) is 10.6 Å². The van der Waals surface area contributed by atoms with Crippen LogP contribution in [-0.4, -0.2) is 40.0 Å². The summed E-state index contributed by atoms with van der Waals surface area (Å²) in [6.45, 7) is 5.51. The summed E-state index contributed by atoms with van der Waals surface area (Å²) >= 11 is 1.67. The summed E-state index contributed by atoms with van der Waals surface area (Å²) in [5, 5.41) is 10.6. The molecule has 1 heterocycles. The Morgan fingerprint density at radius 1 is 1.36 bits per heavy atom. The van der Waals surface area contributed by atoms with E-state index >= 15 is 0 Å². The number of nitrogens with zero attached hydrogens (tertiary/aromatic N) is 1. The van der Waals surface area contributed by atoms with E-state index in [4.69, 9.17) is 0 Å². The number of rotatable bonds is 7. The van der Waals surface area contributed by atoms with Gasteiger partial charge in [0, 0.05) is 26.4 Å². The van der Waals surface area contributed by atoms with E-state index in [0.717, 1.165) is 12.5 Å². The normalized spacial score (nSPS) is 12.6. The van der Waals surface area contributed by atoms with Crippen LogP contribution in [0.4, 0.5) is 0 Å². The zero-order chi connectivity index (χ0) is 15.9. The molecule has 1 rings (SSSR count).